The van der Waals surface area contributed by atoms with Gasteiger partial charge in [0, 0.05) is 31.5 Å². The maximum atomic E-state index is 14.1. The lowest BCUT2D eigenvalue weighted by Crippen LogP contribution is -2.36. The molecule has 1 saturated carbocycles. The van der Waals surface area contributed by atoms with Gasteiger partial charge in [-0.05, 0) is 31.6 Å². The van der Waals surface area contributed by atoms with Crippen LogP contribution < -0.4 is 11.1 Å². The van der Waals surface area contributed by atoms with Crippen LogP contribution in [0.2, 0.25) is 0 Å². The van der Waals surface area contributed by atoms with Crippen LogP contribution in [-0.2, 0) is 14.8 Å². The largest absolute Gasteiger partial charge is 0.365 e. The maximum Gasteiger partial charge on any atom is 0.252 e. The fourth-order valence-electron chi connectivity index (χ4n) is 4.03. The minimum atomic E-state index is -3.99. The van der Waals surface area contributed by atoms with Crippen LogP contribution in [-0.4, -0.2) is 44.1 Å². The Kier molecular flexibility index (Phi) is 6.06. The van der Waals surface area contributed by atoms with E-state index in [1.165, 1.54) is 4.31 Å². The van der Waals surface area contributed by atoms with Crippen LogP contribution >= 0.6 is 11.3 Å². The van der Waals surface area contributed by atoms with Crippen LogP contribution in [0.3, 0.4) is 0 Å². The summed E-state index contributed by atoms with van der Waals surface area (Å²) >= 11 is 0.716. The van der Waals surface area contributed by atoms with Gasteiger partial charge in [-0.3, -0.25) is 9.59 Å². The van der Waals surface area contributed by atoms with Crippen LogP contribution in [0.5, 0.6) is 0 Å². The van der Waals surface area contributed by atoms with E-state index >= 15 is 0 Å². The SMILES string of the molecule is NC(=O)c1c(NC=O)sc(S(=O)(=O)N2CCCCC2)c1C1CCCC(F)(F)C1. The summed E-state index contributed by atoms with van der Waals surface area (Å²) in [5, 5.41) is 2.31. The van der Waals surface area contributed by atoms with Crippen LogP contribution in [0.25, 0.3) is 0 Å². The van der Waals surface area contributed by atoms with E-state index in [4.69, 9.17) is 5.73 Å². The average Bonchev–Trinajstić information content (AvgIpc) is 3.02. The van der Waals surface area contributed by atoms with Gasteiger partial charge in [0.2, 0.25) is 12.3 Å². The number of anilines is 1. The van der Waals surface area contributed by atoms with E-state index in [9.17, 15) is 26.8 Å². The molecule has 2 aliphatic rings. The predicted octanol–water partition coefficient (Wildman–Crippen LogP) is 2.88. The second kappa shape index (κ2) is 8.03. The van der Waals surface area contributed by atoms with Gasteiger partial charge in [0.25, 0.3) is 15.9 Å². The van der Waals surface area contributed by atoms with E-state index < -0.39 is 34.2 Å². The molecule has 156 valence electrons. The lowest BCUT2D eigenvalue weighted by Gasteiger charge is -2.31. The third-order valence-electron chi connectivity index (χ3n) is 5.29. The Bertz CT molecular complexity index is 864. The molecule has 2 heterocycles. The zero-order valence-electron chi connectivity index (χ0n) is 15.2. The topological polar surface area (TPSA) is 110 Å². The van der Waals surface area contributed by atoms with E-state index in [-0.39, 0.29) is 33.2 Å². The molecule has 7 nitrogen and oxygen atoms in total. The molecule has 11 heteroatoms. The number of thiophene rings is 1. The second-order valence-electron chi connectivity index (χ2n) is 7.25. The molecular weight excluding hydrogens is 412 g/mol. The van der Waals surface area contributed by atoms with Crippen molar-refractivity contribution in [2.75, 3.05) is 18.4 Å². The highest BCUT2D eigenvalue weighted by molar-refractivity contribution is 7.91. The Hall–Kier alpha value is -1.59. The highest BCUT2D eigenvalue weighted by atomic mass is 32.2. The zero-order valence-corrected chi connectivity index (χ0v) is 16.9. The first-order chi connectivity index (χ1) is 13.2. The summed E-state index contributed by atoms with van der Waals surface area (Å²) in [5.74, 6) is -4.70. The minimum absolute atomic E-state index is 0.0121. The molecule has 1 aromatic heterocycles. The molecule has 2 fully saturated rings. The Morgan fingerprint density at radius 1 is 1.25 bits per heavy atom. The van der Waals surface area contributed by atoms with Gasteiger partial charge in [0.1, 0.15) is 9.21 Å². The van der Waals surface area contributed by atoms with Gasteiger partial charge < -0.3 is 11.1 Å². The molecular formula is C17H23F2N3O4S2. The Balaban J connectivity index is 2.16. The molecule has 1 saturated heterocycles. The highest BCUT2D eigenvalue weighted by Crippen LogP contribution is 2.49. The number of nitrogens with zero attached hydrogens (tertiary/aromatic N) is 1. The summed E-state index contributed by atoms with van der Waals surface area (Å²) in [7, 11) is -3.99. The molecule has 0 radical (unpaired) electrons. The molecule has 3 rings (SSSR count). The van der Waals surface area contributed by atoms with Crippen molar-refractivity contribution in [1.82, 2.24) is 4.31 Å². The van der Waals surface area contributed by atoms with Gasteiger partial charge >= 0.3 is 0 Å². The first-order valence-electron chi connectivity index (χ1n) is 9.22. The normalized spacial score (nSPS) is 23.3. The number of carbonyl (C=O) groups excluding carboxylic acids is 2. The van der Waals surface area contributed by atoms with Crippen molar-refractivity contribution in [3.63, 3.8) is 0 Å². The quantitative estimate of drug-likeness (QED) is 0.670. The van der Waals surface area contributed by atoms with Crippen LogP contribution in [0.1, 0.15) is 66.8 Å². The summed E-state index contributed by atoms with van der Waals surface area (Å²) in [5.41, 5.74) is 5.33. The van der Waals surface area contributed by atoms with E-state index in [2.05, 4.69) is 5.32 Å². The molecule has 0 bridgehead atoms. The van der Waals surface area contributed by atoms with Gasteiger partial charge in [0.05, 0.1) is 5.56 Å². The third-order valence-corrected chi connectivity index (χ3v) is 8.83. The number of rotatable bonds is 6. The third kappa shape index (κ3) is 4.06. The van der Waals surface area contributed by atoms with Gasteiger partial charge in [0.15, 0.2) is 0 Å². The summed E-state index contributed by atoms with van der Waals surface area (Å²) in [6, 6.07) is 0. The summed E-state index contributed by atoms with van der Waals surface area (Å²) in [6.45, 7) is 0.672. The average molecular weight is 436 g/mol. The summed E-state index contributed by atoms with van der Waals surface area (Å²) < 4.78 is 55.9. The molecule has 1 aliphatic carbocycles. The first-order valence-corrected chi connectivity index (χ1v) is 11.5. The fraction of sp³-hybridized carbons (Fsp3) is 0.647. The number of carbonyl (C=O) groups is 2. The number of hydrogen-bond acceptors (Lipinski definition) is 5. The number of sulfonamides is 1. The van der Waals surface area contributed by atoms with E-state index in [0.717, 1.165) is 6.42 Å². The summed E-state index contributed by atoms with van der Waals surface area (Å²) in [4.78, 5) is 23.1. The van der Waals surface area contributed by atoms with Crippen molar-refractivity contribution >= 4 is 38.7 Å². The van der Waals surface area contributed by atoms with Gasteiger partial charge in [-0.15, -0.1) is 11.3 Å². The van der Waals surface area contributed by atoms with E-state index in [1.54, 1.807) is 0 Å². The number of primary amides is 1. The summed E-state index contributed by atoms with van der Waals surface area (Å²) in [6.07, 6.45) is 2.38. The Labute approximate surface area is 166 Å². The Morgan fingerprint density at radius 3 is 2.50 bits per heavy atom. The fourth-order valence-corrected chi connectivity index (χ4v) is 7.52. The molecule has 3 N–H and O–H groups in total. The Morgan fingerprint density at radius 2 is 1.93 bits per heavy atom. The smallest absolute Gasteiger partial charge is 0.252 e. The molecule has 0 spiro atoms. The molecule has 1 aliphatic heterocycles. The maximum absolute atomic E-state index is 14.1. The van der Waals surface area contributed by atoms with E-state index in [0.29, 0.717) is 50.1 Å². The van der Waals surface area contributed by atoms with Crippen molar-refractivity contribution in [2.24, 2.45) is 5.73 Å². The van der Waals surface area contributed by atoms with Gasteiger partial charge in [-0.2, -0.15) is 4.31 Å². The zero-order chi connectivity index (χ0) is 20.5. The van der Waals surface area contributed by atoms with Crippen molar-refractivity contribution in [3.05, 3.63) is 11.1 Å². The number of hydrogen-bond donors (Lipinski definition) is 2. The number of amides is 2. The molecule has 1 unspecified atom stereocenters. The lowest BCUT2D eigenvalue weighted by molar-refractivity contribution is -0.105. The molecule has 0 aromatic carbocycles. The van der Waals surface area contributed by atoms with Crippen molar-refractivity contribution in [2.45, 2.75) is 61.0 Å². The van der Waals surface area contributed by atoms with Crippen molar-refractivity contribution < 1.29 is 26.8 Å². The molecule has 1 aromatic rings. The van der Waals surface area contributed by atoms with Gasteiger partial charge in [-0.1, -0.05) is 6.42 Å². The first kappa shape index (κ1) is 21.1. The van der Waals surface area contributed by atoms with Crippen LogP contribution in [0.4, 0.5) is 13.8 Å². The number of alkyl halides is 2. The second-order valence-corrected chi connectivity index (χ2v) is 10.4. The number of nitrogens with two attached hydrogens (primary N) is 1. The lowest BCUT2D eigenvalue weighted by atomic mass is 9.81. The number of nitrogens with one attached hydrogen (secondary N) is 1. The highest BCUT2D eigenvalue weighted by Gasteiger charge is 2.43. The molecule has 2 amide bonds. The van der Waals surface area contributed by atoms with Crippen molar-refractivity contribution in [1.29, 1.82) is 0 Å². The monoisotopic (exact) mass is 435 g/mol. The minimum Gasteiger partial charge on any atom is -0.365 e. The van der Waals surface area contributed by atoms with E-state index in [1.807, 2.05) is 0 Å². The van der Waals surface area contributed by atoms with Crippen molar-refractivity contribution in [3.8, 4) is 0 Å². The molecule has 28 heavy (non-hydrogen) atoms. The number of halogens is 2. The van der Waals surface area contributed by atoms with Gasteiger partial charge in [-0.25, -0.2) is 17.2 Å². The molecule has 1 atom stereocenters. The van der Waals surface area contributed by atoms with Crippen LogP contribution in [0.15, 0.2) is 4.21 Å². The predicted molar refractivity (Wildman–Crippen MR) is 101 cm³/mol. The standard InChI is InChI=1S/C17H23F2N3O4S2/c18-17(19)6-4-5-11(9-17)12-13(14(20)24)15(21-10-23)27-16(12)28(25,26)22-7-2-1-3-8-22/h10-11H,1-9H2,(H2,20,24)(H,21,23). The number of piperidine rings is 1. The van der Waals surface area contributed by atoms with Crippen LogP contribution in [0, 0.1) is 0 Å².